The van der Waals surface area contributed by atoms with Crippen LogP contribution in [0, 0.1) is 24.0 Å². The monoisotopic (exact) mass is 381 g/mol. The Labute approximate surface area is 158 Å². The third-order valence-electron chi connectivity index (χ3n) is 4.67. The number of nitrogens with one attached hydrogen (secondary N) is 1. The molecule has 4 rings (SSSR count). The summed E-state index contributed by atoms with van der Waals surface area (Å²) in [5, 5.41) is 15.2. The van der Waals surface area contributed by atoms with E-state index < -0.39 is 10.8 Å². The maximum Gasteiger partial charge on any atom is 0.269 e. The van der Waals surface area contributed by atoms with E-state index in [0.717, 1.165) is 0 Å². The molecule has 28 heavy (non-hydrogen) atoms. The Morgan fingerprint density at radius 3 is 2.50 bits per heavy atom. The highest BCUT2D eigenvalue weighted by atomic mass is 16.6. The number of non-ortho nitro benzene ring substituents is 1. The van der Waals surface area contributed by atoms with Crippen molar-refractivity contribution < 1.29 is 14.5 Å². The van der Waals surface area contributed by atoms with E-state index in [1.807, 2.05) is 0 Å². The number of aryl methyl sites for hydroxylation is 1. The number of aromatic nitrogens is 4. The molecule has 142 valence electrons. The lowest BCUT2D eigenvalue weighted by Crippen LogP contribution is -2.24. The van der Waals surface area contributed by atoms with Gasteiger partial charge in [0.25, 0.3) is 11.2 Å². The summed E-state index contributed by atoms with van der Waals surface area (Å²) in [6.45, 7) is 4.70. The topological polar surface area (TPSA) is 133 Å². The van der Waals surface area contributed by atoms with Crippen LogP contribution in [-0.4, -0.2) is 30.6 Å². The summed E-state index contributed by atoms with van der Waals surface area (Å²) in [6.07, 6.45) is 0. The fourth-order valence-corrected chi connectivity index (χ4v) is 3.46. The van der Waals surface area contributed by atoms with E-state index >= 15 is 0 Å². The molecule has 1 aliphatic rings. The average molecular weight is 381 g/mol. The largest absolute Gasteiger partial charge is 0.418 e. The zero-order valence-corrected chi connectivity index (χ0v) is 15.2. The first kappa shape index (κ1) is 17.6. The number of nitrogens with zero attached hydrogens (tertiary/aromatic N) is 4. The molecule has 1 aliphatic heterocycles. The lowest BCUT2D eigenvalue weighted by Gasteiger charge is -2.24. The Morgan fingerprint density at radius 2 is 1.89 bits per heavy atom. The molecule has 0 spiro atoms. The average Bonchev–Trinajstić information content (AvgIpc) is 2.96. The van der Waals surface area contributed by atoms with Crippen molar-refractivity contribution in [3.05, 3.63) is 72.9 Å². The van der Waals surface area contributed by atoms with Gasteiger partial charge in [-0.3, -0.25) is 19.7 Å². The number of rotatable bonds is 2. The van der Waals surface area contributed by atoms with Crippen molar-refractivity contribution in [2.45, 2.75) is 26.7 Å². The predicted molar refractivity (Wildman–Crippen MR) is 97.0 cm³/mol. The van der Waals surface area contributed by atoms with E-state index in [2.05, 4.69) is 15.1 Å². The van der Waals surface area contributed by atoms with Crippen LogP contribution in [0.2, 0.25) is 0 Å². The Hall–Kier alpha value is -3.82. The number of carbonyl (C=O) groups excluding carboxylic acids is 1. The van der Waals surface area contributed by atoms with Crippen molar-refractivity contribution in [3.8, 4) is 11.8 Å². The highest BCUT2D eigenvalue weighted by molar-refractivity contribution is 5.77. The summed E-state index contributed by atoms with van der Waals surface area (Å²) in [4.78, 5) is 42.1. The first-order valence-corrected chi connectivity index (χ1v) is 8.41. The van der Waals surface area contributed by atoms with Crippen molar-refractivity contribution >= 4 is 11.6 Å². The quantitative estimate of drug-likeness (QED) is 0.416. The van der Waals surface area contributed by atoms with Crippen LogP contribution in [0.25, 0.3) is 0 Å². The molecule has 1 atom stereocenters. The number of aromatic amines is 1. The minimum Gasteiger partial charge on any atom is -0.418 e. The normalized spacial score (nSPS) is 14.8. The Balaban J connectivity index is 2.00. The minimum atomic E-state index is -0.635. The van der Waals surface area contributed by atoms with Crippen LogP contribution in [0.3, 0.4) is 0 Å². The first-order valence-electron chi connectivity index (χ1n) is 8.41. The summed E-state index contributed by atoms with van der Waals surface area (Å²) < 4.78 is 6.95. The van der Waals surface area contributed by atoms with Gasteiger partial charge in [0, 0.05) is 24.6 Å². The van der Waals surface area contributed by atoms with Gasteiger partial charge in [-0.1, -0.05) is 12.1 Å². The number of benzene rings is 1. The van der Waals surface area contributed by atoms with Crippen molar-refractivity contribution in [2.75, 3.05) is 0 Å². The molecule has 0 bridgehead atoms. The van der Waals surface area contributed by atoms with Gasteiger partial charge < -0.3 is 9.72 Å². The molecule has 3 aromatic rings. The van der Waals surface area contributed by atoms with E-state index in [0.29, 0.717) is 22.6 Å². The fraction of sp³-hybridized carbons (Fsp3) is 0.222. The Morgan fingerprint density at radius 1 is 1.21 bits per heavy atom. The van der Waals surface area contributed by atoms with Crippen molar-refractivity contribution in [1.29, 1.82) is 0 Å². The second kappa shape index (κ2) is 6.12. The Bertz CT molecular complexity index is 1190. The van der Waals surface area contributed by atoms with E-state index in [1.54, 1.807) is 26.0 Å². The molecule has 1 aromatic carbocycles. The van der Waals surface area contributed by atoms with Crippen LogP contribution < -0.4 is 10.3 Å². The van der Waals surface area contributed by atoms with Gasteiger partial charge in [-0.05, 0) is 19.4 Å². The molecule has 10 nitrogen and oxygen atoms in total. The maximum atomic E-state index is 12.7. The molecule has 0 saturated carbocycles. The second-order valence-corrected chi connectivity index (χ2v) is 6.49. The molecule has 0 fully saturated rings. The summed E-state index contributed by atoms with van der Waals surface area (Å²) in [5.41, 5.74) is 1.51. The molecular formula is C18H15N5O5. The van der Waals surface area contributed by atoms with Crippen LogP contribution in [0.15, 0.2) is 29.1 Å². The second-order valence-electron chi connectivity index (χ2n) is 6.49. The van der Waals surface area contributed by atoms with Gasteiger partial charge in [-0.15, -0.1) is 5.10 Å². The van der Waals surface area contributed by atoms with Crippen LogP contribution >= 0.6 is 0 Å². The van der Waals surface area contributed by atoms with E-state index in [1.165, 1.54) is 23.7 Å². The fourth-order valence-electron chi connectivity index (χ4n) is 3.46. The number of ether oxygens (including phenoxy) is 1. The highest BCUT2D eigenvalue weighted by Gasteiger charge is 2.37. The number of nitro groups is 1. The maximum absolute atomic E-state index is 12.7. The van der Waals surface area contributed by atoms with Gasteiger partial charge in [-0.2, -0.15) is 4.98 Å². The number of fused-ring (bicyclic) bond motifs is 2. The molecule has 10 heteroatoms. The van der Waals surface area contributed by atoms with Crippen LogP contribution in [0.1, 0.15) is 45.8 Å². The number of hydrogen-bond donors (Lipinski definition) is 1. The van der Waals surface area contributed by atoms with Gasteiger partial charge in [0.1, 0.15) is 5.82 Å². The standard InChI is InChI=1S/C18H15N5O5/c1-8-13-14(11-4-6-12(7-5-11)23(26)27)15-16(25)19-9(2)20-17(15)28-18(13)21-22(8)10(3)24/h4-7,14H,1-3H3,(H,19,20,25). The molecule has 0 aliphatic carbocycles. The number of hydrogen-bond acceptors (Lipinski definition) is 7. The first-order chi connectivity index (χ1) is 13.3. The van der Waals surface area contributed by atoms with Crippen LogP contribution in [-0.2, 0) is 0 Å². The number of nitro benzene ring substituents is 1. The molecule has 2 aromatic heterocycles. The smallest absolute Gasteiger partial charge is 0.269 e. The predicted octanol–water partition coefficient (Wildman–Crippen LogP) is 2.44. The third kappa shape index (κ3) is 2.57. The zero-order valence-electron chi connectivity index (χ0n) is 15.2. The van der Waals surface area contributed by atoms with E-state index in [-0.39, 0.29) is 34.5 Å². The van der Waals surface area contributed by atoms with Gasteiger partial charge in [0.2, 0.25) is 17.7 Å². The van der Waals surface area contributed by atoms with Crippen molar-refractivity contribution in [3.63, 3.8) is 0 Å². The van der Waals surface area contributed by atoms with E-state index in [9.17, 15) is 19.7 Å². The van der Waals surface area contributed by atoms with Crippen LogP contribution in [0.4, 0.5) is 5.69 Å². The van der Waals surface area contributed by atoms with Crippen molar-refractivity contribution in [1.82, 2.24) is 19.7 Å². The lowest BCUT2D eigenvalue weighted by atomic mass is 9.84. The molecule has 0 amide bonds. The number of H-pyrrole nitrogens is 1. The van der Waals surface area contributed by atoms with Crippen LogP contribution in [0.5, 0.6) is 11.8 Å². The van der Waals surface area contributed by atoms with Gasteiger partial charge >= 0.3 is 0 Å². The van der Waals surface area contributed by atoms with Crippen molar-refractivity contribution in [2.24, 2.45) is 0 Å². The molecule has 1 unspecified atom stereocenters. The summed E-state index contributed by atoms with van der Waals surface area (Å²) in [7, 11) is 0. The Kier molecular flexibility index (Phi) is 3.84. The lowest BCUT2D eigenvalue weighted by molar-refractivity contribution is -0.384. The highest BCUT2D eigenvalue weighted by Crippen LogP contribution is 2.46. The summed E-state index contributed by atoms with van der Waals surface area (Å²) in [6, 6.07) is 5.88. The minimum absolute atomic E-state index is 0.0663. The van der Waals surface area contributed by atoms with Gasteiger partial charge in [-0.25, -0.2) is 4.68 Å². The van der Waals surface area contributed by atoms with E-state index in [4.69, 9.17) is 4.74 Å². The number of carbonyl (C=O) groups is 1. The van der Waals surface area contributed by atoms with Gasteiger partial charge in [0.15, 0.2) is 0 Å². The molecular weight excluding hydrogens is 366 g/mol. The third-order valence-corrected chi connectivity index (χ3v) is 4.67. The van der Waals surface area contributed by atoms with Gasteiger partial charge in [0.05, 0.1) is 22.1 Å². The molecule has 3 heterocycles. The molecule has 0 radical (unpaired) electrons. The summed E-state index contributed by atoms with van der Waals surface area (Å²) >= 11 is 0. The summed E-state index contributed by atoms with van der Waals surface area (Å²) in [5.74, 6) is -0.284. The molecule has 1 N–H and O–H groups in total. The zero-order chi connectivity index (χ0) is 20.2. The molecule has 0 saturated heterocycles. The SMILES string of the molecule is CC(=O)n1nc2c(c1C)C(c1ccc([N+](=O)[O-])cc1)c1c(nc(C)[nH]c1=O)O2.